The van der Waals surface area contributed by atoms with Crippen molar-refractivity contribution in [2.45, 2.75) is 67.2 Å². The van der Waals surface area contributed by atoms with Crippen LogP contribution in [-0.2, 0) is 0 Å². The van der Waals surface area contributed by atoms with Crippen LogP contribution in [0.2, 0.25) is 0 Å². The summed E-state index contributed by atoms with van der Waals surface area (Å²) in [6.45, 7) is 17.2. The Morgan fingerprint density at radius 3 is 1.81 bits per heavy atom. The van der Waals surface area contributed by atoms with Gasteiger partial charge < -0.3 is 0 Å². The lowest BCUT2D eigenvalue weighted by atomic mass is 9.93. The van der Waals surface area contributed by atoms with Crippen LogP contribution in [0.15, 0.2) is 76.7 Å². The summed E-state index contributed by atoms with van der Waals surface area (Å²) in [4.78, 5) is 15.1. The first-order valence-corrected chi connectivity index (χ1v) is 12.9. The number of pyridine rings is 1. The third-order valence-corrected chi connectivity index (χ3v) is 6.83. The molecular weight excluding hydrogens is 438 g/mol. The normalized spacial score (nSPS) is 12.7. The largest absolute Gasteiger partial charge is 0.251 e. The minimum Gasteiger partial charge on any atom is -0.251 e. The van der Waals surface area contributed by atoms with Crippen molar-refractivity contribution in [3.63, 3.8) is 0 Å². The molecule has 0 aliphatic rings. The molecule has 0 atom stereocenters. The van der Waals surface area contributed by atoms with Gasteiger partial charge in [0.15, 0.2) is 0 Å². The Morgan fingerprint density at radius 1 is 0.667 bits per heavy atom. The summed E-state index contributed by atoms with van der Waals surface area (Å²) >= 11 is 0. The highest BCUT2D eigenvalue weighted by molar-refractivity contribution is 6.05. The van der Waals surface area contributed by atoms with Gasteiger partial charge in [0.1, 0.15) is 0 Å². The number of aromatic nitrogens is 1. The Bertz CT molecular complexity index is 1450. The van der Waals surface area contributed by atoms with Crippen LogP contribution < -0.4 is 0 Å². The Balaban J connectivity index is 1.81. The summed E-state index contributed by atoms with van der Waals surface area (Å²) in [5, 5.41) is 2.42. The maximum atomic E-state index is 5.21. The fraction of sp³-hybridized carbons (Fsp3) is 0.303. The van der Waals surface area contributed by atoms with Crippen molar-refractivity contribution in [2.75, 3.05) is 0 Å². The van der Waals surface area contributed by atoms with Gasteiger partial charge in [-0.25, -0.2) is 4.98 Å². The summed E-state index contributed by atoms with van der Waals surface area (Å²) < 4.78 is 0. The smallest absolute Gasteiger partial charge is 0.0849 e. The molecule has 184 valence electrons. The fourth-order valence-corrected chi connectivity index (χ4v) is 4.56. The molecule has 1 heterocycles. The highest BCUT2D eigenvalue weighted by Crippen LogP contribution is 2.36. The number of hydrogen-bond acceptors (Lipinski definition) is 3. The van der Waals surface area contributed by atoms with Gasteiger partial charge in [0.25, 0.3) is 0 Å². The minimum atomic E-state index is 0.370. The number of benzene rings is 3. The number of rotatable bonds is 6. The van der Waals surface area contributed by atoms with Gasteiger partial charge in [0.2, 0.25) is 0 Å². The summed E-state index contributed by atoms with van der Waals surface area (Å²) in [5.41, 5.74) is 10.5. The summed E-state index contributed by atoms with van der Waals surface area (Å²) in [6.07, 6.45) is 0. The predicted molar refractivity (Wildman–Crippen MR) is 156 cm³/mol. The highest BCUT2D eigenvalue weighted by atomic mass is 14.8. The van der Waals surface area contributed by atoms with Crippen molar-refractivity contribution < 1.29 is 0 Å². The van der Waals surface area contributed by atoms with Gasteiger partial charge >= 0.3 is 0 Å². The molecule has 4 rings (SSSR count). The van der Waals surface area contributed by atoms with Crippen molar-refractivity contribution in [2.24, 2.45) is 9.98 Å². The van der Waals surface area contributed by atoms with Crippen LogP contribution in [0.25, 0.3) is 10.8 Å². The molecule has 1 aromatic heterocycles. The first kappa shape index (κ1) is 25.5. The van der Waals surface area contributed by atoms with E-state index >= 15 is 0 Å². The van der Waals surface area contributed by atoms with E-state index in [1.54, 1.807) is 0 Å². The van der Waals surface area contributed by atoms with Gasteiger partial charge in [-0.2, -0.15) is 0 Å². The molecule has 4 aromatic rings. The molecule has 0 bridgehead atoms. The van der Waals surface area contributed by atoms with E-state index < -0.39 is 0 Å². The average Bonchev–Trinajstić information content (AvgIpc) is 2.85. The van der Waals surface area contributed by atoms with E-state index in [0.29, 0.717) is 11.8 Å². The van der Waals surface area contributed by atoms with Gasteiger partial charge in [-0.05, 0) is 85.4 Å². The molecule has 3 aromatic carbocycles. The maximum absolute atomic E-state index is 5.21. The predicted octanol–water partition coefficient (Wildman–Crippen LogP) is 9.38. The number of aryl methyl sites for hydroxylation is 2. The first-order chi connectivity index (χ1) is 17.2. The van der Waals surface area contributed by atoms with Gasteiger partial charge in [-0.15, -0.1) is 0 Å². The Morgan fingerprint density at radius 2 is 1.22 bits per heavy atom. The van der Waals surface area contributed by atoms with E-state index in [2.05, 4.69) is 97.0 Å². The van der Waals surface area contributed by atoms with Crippen LogP contribution in [0.1, 0.15) is 87.0 Å². The summed E-state index contributed by atoms with van der Waals surface area (Å²) in [6, 6.07) is 23.6. The average molecular weight is 476 g/mol. The first-order valence-electron chi connectivity index (χ1n) is 12.9. The molecular formula is C33H37N3. The molecule has 0 unspecified atom stereocenters. The van der Waals surface area contributed by atoms with Crippen LogP contribution >= 0.6 is 0 Å². The van der Waals surface area contributed by atoms with E-state index in [4.69, 9.17) is 15.0 Å². The minimum absolute atomic E-state index is 0.370. The second-order valence-electron chi connectivity index (χ2n) is 10.3. The Hall–Kier alpha value is -3.59. The van der Waals surface area contributed by atoms with Gasteiger partial charge in [0.05, 0.1) is 34.2 Å². The topological polar surface area (TPSA) is 37.6 Å². The molecule has 0 saturated carbocycles. The number of para-hydroxylation sites is 1. The van der Waals surface area contributed by atoms with E-state index in [0.717, 1.165) is 34.2 Å². The SMILES string of the molecule is CC(=Nc1c(C)cccc1C)c1cccc(C(C)=Nc2c(C(C)C)ccc3ccc(C(C)C)cc23)n1. The second kappa shape index (κ2) is 10.6. The standard InChI is InChI=1S/C33H37N3/c1-20(2)27-16-15-26-17-18-28(21(3)4)33(29(26)19-27)35-25(8)31-14-10-13-30(36-31)24(7)34-32-22(5)11-9-12-23(32)6/h9-21H,1-8H3. The van der Waals surface area contributed by atoms with Crippen LogP contribution in [0.3, 0.4) is 0 Å². The molecule has 0 fully saturated rings. The zero-order chi connectivity index (χ0) is 26.0. The molecule has 0 radical (unpaired) electrons. The Labute approximate surface area is 216 Å². The van der Waals surface area contributed by atoms with Crippen molar-refractivity contribution in [3.05, 3.63) is 100 Å². The third-order valence-electron chi connectivity index (χ3n) is 6.83. The van der Waals surface area contributed by atoms with Gasteiger partial charge in [-0.1, -0.05) is 76.2 Å². The molecule has 0 amide bonds. The quantitative estimate of drug-likeness (QED) is 0.256. The molecule has 3 heteroatoms. The van der Waals surface area contributed by atoms with Crippen molar-refractivity contribution in [1.29, 1.82) is 0 Å². The lowest BCUT2D eigenvalue weighted by molar-refractivity contribution is 0.865. The van der Waals surface area contributed by atoms with Crippen LogP contribution in [0.4, 0.5) is 11.4 Å². The fourth-order valence-electron chi connectivity index (χ4n) is 4.56. The monoisotopic (exact) mass is 475 g/mol. The van der Waals surface area contributed by atoms with E-state index in [1.807, 2.05) is 25.1 Å². The van der Waals surface area contributed by atoms with E-state index in [-0.39, 0.29) is 0 Å². The molecule has 0 spiro atoms. The molecule has 0 aliphatic carbocycles. The highest BCUT2D eigenvalue weighted by Gasteiger charge is 2.14. The number of hydrogen-bond donors (Lipinski definition) is 0. The zero-order valence-corrected chi connectivity index (χ0v) is 22.8. The molecule has 0 N–H and O–H groups in total. The van der Waals surface area contributed by atoms with Crippen molar-refractivity contribution >= 4 is 33.6 Å². The Kier molecular flexibility index (Phi) is 7.49. The van der Waals surface area contributed by atoms with Gasteiger partial charge in [-0.3, -0.25) is 9.98 Å². The van der Waals surface area contributed by atoms with Crippen molar-refractivity contribution in [1.82, 2.24) is 4.98 Å². The lowest BCUT2D eigenvalue weighted by Crippen LogP contribution is -2.05. The summed E-state index contributed by atoms with van der Waals surface area (Å²) in [5.74, 6) is 0.835. The second-order valence-corrected chi connectivity index (χ2v) is 10.3. The molecule has 0 aliphatic heterocycles. The molecule has 36 heavy (non-hydrogen) atoms. The van der Waals surface area contributed by atoms with Crippen LogP contribution in [-0.4, -0.2) is 16.4 Å². The van der Waals surface area contributed by atoms with Crippen molar-refractivity contribution in [3.8, 4) is 0 Å². The maximum Gasteiger partial charge on any atom is 0.0849 e. The lowest BCUT2D eigenvalue weighted by Gasteiger charge is -2.15. The molecule has 3 nitrogen and oxygen atoms in total. The third kappa shape index (κ3) is 5.31. The van der Waals surface area contributed by atoms with E-state index in [9.17, 15) is 0 Å². The van der Waals surface area contributed by atoms with Crippen LogP contribution in [0.5, 0.6) is 0 Å². The molecule has 0 saturated heterocycles. The number of aliphatic imine (C=N–C) groups is 2. The zero-order valence-electron chi connectivity index (χ0n) is 22.8. The number of nitrogens with zero attached hydrogens (tertiary/aromatic N) is 3. The summed E-state index contributed by atoms with van der Waals surface area (Å²) in [7, 11) is 0. The van der Waals surface area contributed by atoms with Gasteiger partial charge in [0, 0.05) is 5.39 Å². The van der Waals surface area contributed by atoms with E-state index in [1.165, 1.54) is 33.0 Å². The number of fused-ring (bicyclic) bond motifs is 1. The van der Waals surface area contributed by atoms with Crippen LogP contribution in [0, 0.1) is 13.8 Å².